The van der Waals surface area contributed by atoms with Crippen molar-refractivity contribution in [3.05, 3.63) is 63.2 Å². The normalized spacial score (nSPS) is 10.5. The lowest BCUT2D eigenvalue weighted by Gasteiger charge is -2.10. The van der Waals surface area contributed by atoms with Crippen LogP contribution in [0.1, 0.15) is 32.6 Å². The van der Waals surface area contributed by atoms with E-state index in [9.17, 15) is 4.79 Å². The SMILES string of the molecule is Cc1ccc(C(=O)COc2cc(C)c(Cl)c(C)c2)cc1C. The maximum atomic E-state index is 12.2. The summed E-state index contributed by atoms with van der Waals surface area (Å²) in [5, 5.41) is 0.739. The van der Waals surface area contributed by atoms with Crippen molar-refractivity contribution in [2.75, 3.05) is 6.61 Å². The summed E-state index contributed by atoms with van der Waals surface area (Å²) in [6.07, 6.45) is 0. The summed E-state index contributed by atoms with van der Waals surface area (Å²) < 4.78 is 5.60. The van der Waals surface area contributed by atoms with Gasteiger partial charge in [-0.1, -0.05) is 23.7 Å². The molecule has 3 heteroatoms. The molecule has 2 nitrogen and oxygen atoms in total. The van der Waals surface area contributed by atoms with Crippen LogP contribution in [0.3, 0.4) is 0 Å². The molecule has 2 rings (SSSR count). The summed E-state index contributed by atoms with van der Waals surface area (Å²) >= 11 is 6.12. The molecular formula is C18H19ClO2. The molecular weight excluding hydrogens is 284 g/mol. The molecule has 0 saturated heterocycles. The minimum Gasteiger partial charge on any atom is -0.485 e. The summed E-state index contributed by atoms with van der Waals surface area (Å²) in [4.78, 5) is 12.2. The summed E-state index contributed by atoms with van der Waals surface area (Å²) in [5.41, 5.74) is 4.87. The maximum absolute atomic E-state index is 12.2. The van der Waals surface area contributed by atoms with Gasteiger partial charge in [-0.2, -0.15) is 0 Å². The molecule has 0 amide bonds. The zero-order valence-corrected chi connectivity index (χ0v) is 13.5. The number of Topliss-reactive ketones (excluding diaryl/α,β-unsaturated/α-hetero) is 1. The molecule has 0 aliphatic carbocycles. The van der Waals surface area contributed by atoms with Crippen molar-refractivity contribution in [3.63, 3.8) is 0 Å². The number of halogens is 1. The second kappa shape index (κ2) is 6.31. The van der Waals surface area contributed by atoms with Crippen LogP contribution < -0.4 is 4.74 Å². The highest BCUT2D eigenvalue weighted by Gasteiger charge is 2.09. The third-order valence-corrected chi connectivity index (χ3v) is 4.20. The Kier molecular flexibility index (Phi) is 4.69. The summed E-state index contributed by atoms with van der Waals surface area (Å²) in [6.45, 7) is 7.90. The van der Waals surface area contributed by atoms with E-state index >= 15 is 0 Å². The van der Waals surface area contributed by atoms with Crippen molar-refractivity contribution in [1.82, 2.24) is 0 Å². The molecule has 0 atom stereocenters. The predicted molar refractivity (Wildman–Crippen MR) is 86.7 cm³/mol. The van der Waals surface area contributed by atoms with Crippen molar-refractivity contribution in [3.8, 4) is 5.75 Å². The lowest BCUT2D eigenvalue weighted by atomic mass is 10.0. The lowest BCUT2D eigenvalue weighted by Crippen LogP contribution is -2.12. The first kappa shape index (κ1) is 15.6. The maximum Gasteiger partial charge on any atom is 0.200 e. The quantitative estimate of drug-likeness (QED) is 0.756. The fourth-order valence-corrected chi connectivity index (χ4v) is 2.25. The Morgan fingerprint density at radius 1 is 0.952 bits per heavy atom. The van der Waals surface area contributed by atoms with Crippen LogP contribution in [0.2, 0.25) is 5.02 Å². The number of carbonyl (C=O) groups excluding carboxylic acids is 1. The highest BCUT2D eigenvalue weighted by atomic mass is 35.5. The Morgan fingerprint density at radius 2 is 1.57 bits per heavy atom. The highest BCUT2D eigenvalue weighted by molar-refractivity contribution is 6.32. The molecule has 0 aromatic heterocycles. The molecule has 0 radical (unpaired) electrons. The standard InChI is InChI=1S/C18H19ClO2/c1-11-5-6-15(7-12(11)2)17(20)10-21-16-8-13(3)18(19)14(4)9-16/h5-9H,10H2,1-4H3. The van der Waals surface area contributed by atoms with Crippen LogP contribution in [0, 0.1) is 27.7 Å². The van der Waals surface area contributed by atoms with E-state index in [1.165, 1.54) is 5.56 Å². The molecule has 0 fully saturated rings. The van der Waals surface area contributed by atoms with Gasteiger partial charge in [0.1, 0.15) is 5.75 Å². The van der Waals surface area contributed by atoms with Crippen LogP contribution in [0.5, 0.6) is 5.75 Å². The highest BCUT2D eigenvalue weighted by Crippen LogP contribution is 2.26. The van der Waals surface area contributed by atoms with E-state index in [-0.39, 0.29) is 12.4 Å². The van der Waals surface area contributed by atoms with Crippen molar-refractivity contribution < 1.29 is 9.53 Å². The van der Waals surface area contributed by atoms with Gasteiger partial charge in [-0.15, -0.1) is 0 Å². The molecule has 0 saturated carbocycles. The number of ketones is 1. The molecule has 0 unspecified atom stereocenters. The van der Waals surface area contributed by atoms with Gasteiger partial charge in [0.25, 0.3) is 0 Å². The van der Waals surface area contributed by atoms with E-state index in [1.54, 1.807) is 0 Å². The van der Waals surface area contributed by atoms with Gasteiger partial charge in [0, 0.05) is 10.6 Å². The second-order valence-corrected chi connectivity index (χ2v) is 5.76. The first-order chi connectivity index (χ1) is 9.88. The molecule has 0 aliphatic heterocycles. The van der Waals surface area contributed by atoms with Crippen molar-refractivity contribution in [2.45, 2.75) is 27.7 Å². The summed E-state index contributed by atoms with van der Waals surface area (Å²) in [7, 11) is 0. The van der Waals surface area contributed by atoms with Gasteiger partial charge in [0.15, 0.2) is 12.4 Å². The largest absolute Gasteiger partial charge is 0.485 e. The van der Waals surface area contributed by atoms with Gasteiger partial charge in [-0.05, 0) is 68.1 Å². The zero-order valence-electron chi connectivity index (χ0n) is 12.8. The first-order valence-corrected chi connectivity index (χ1v) is 7.26. The number of aryl methyl sites for hydroxylation is 4. The topological polar surface area (TPSA) is 26.3 Å². The van der Waals surface area contributed by atoms with Crippen molar-refractivity contribution in [2.24, 2.45) is 0 Å². The Labute approximate surface area is 130 Å². The van der Waals surface area contributed by atoms with E-state index in [1.807, 2.05) is 58.0 Å². The molecule has 0 spiro atoms. The Hall–Kier alpha value is -1.80. The van der Waals surface area contributed by atoms with E-state index in [0.717, 1.165) is 21.7 Å². The molecule has 2 aromatic rings. The second-order valence-electron chi connectivity index (χ2n) is 5.38. The van der Waals surface area contributed by atoms with Gasteiger partial charge in [-0.3, -0.25) is 4.79 Å². The van der Waals surface area contributed by atoms with Gasteiger partial charge in [0.2, 0.25) is 0 Å². The zero-order chi connectivity index (χ0) is 15.6. The van der Waals surface area contributed by atoms with E-state index in [0.29, 0.717) is 11.3 Å². The average molecular weight is 303 g/mol. The van der Waals surface area contributed by atoms with Crippen LogP contribution in [-0.2, 0) is 0 Å². The van der Waals surface area contributed by atoms with Gasteiger partial charge in [-0.25, -0.2) is 0 Å². The van der Waals surface area contributed by atoms with E-state index in [2.05, 4.69) is 0 Å². The smallest absolute Gasteiger partial charge is 0.200 e. The summed E-state index contributed by atoms with van der Waals surface area (Å²) in [5.74, 6) is 0.648. The number of hydrogen-bond acceptors (Lipinski definition) is 2. The Bertz CT molecular complexity index is 667. The Morgan fingerprint density at radius 3 is 2.14 bits per heavy atom. The predicted octanol–water partition coefficient (Wildman–Crippen LogP) is 4.84. The number of rotatable bonds is 4. The fourth-order valence-electron chi connectivity index (χ4n) is 2.14. The van der Waals surface area contributed by atoms with Crippen LogP contribution in [-0.4, -0.2) is 12.4 Å². The number of hydrogen-bond donors (Lipinski definition) is 0. The number of benzene rings is 2. The van der Waals surface area contributed by atoms with Gasteiger partial charge >= 0.3 is 0 Å². The fraction of sp³-hybridized carbons (Fsp3) is 0.278. The van der Waals surface area contributed by atoms with E-state index in [4.69, 9.17) is 16.3 Å². The van der Waals surface area contributed by atoms with Crippen LogP contribution in [0.15, 0.2) is 30.3 Å². The van der Waals surface area contributed by atoms with Gasteiger partial charge in [0.05, 0.1) is 0 Å². The third-order valence-electron chi connectivity index (χ3n) is 3.61. The van der Waals surface area contributed by atoms with E-state index < -0.39 is 0 Å². The molecule has 110 valence electrons. The van der Waals surface area contributed by atoms with Crippen LogP contribution in [0.25, 0.3) is 0 Å². The third kappa shape index (κ3) is 3.64. The molecule has 0 N–H and O–H groups in total. The molecule has 0 bridgehead atoms. The molecule has 21 heavy (non-hydrogen) atoms. The van der Waals surface area contributed by atoms with Crippen molar-refractivity contribution >= 4 is 17.4 Å². The minimum atomic E-state index is -0.0247. The monoisotopic (exact) mass is 302 g/mol. The molecule has 0 heterocycles. The number of carbonyl (C=O) groups is 1. The van der Waals surface area contributed by atoms with Crippen molar-refractivity contribution in [1.29, 1.82) is 0 Å². The minimum absolute atomic E-state index is 0.0247. The lowest BCUT2D eigenvalue weighted by molar-refractivity contribution is 0.0921. The number of ether oxygens (including phenoxy) is 1. The molecule has 2 aromatic carbocycles. The summed E-state index contributed by atoms with van der Waals surface area (Å²) in [6, 6.07) is 9.40. The van der Waals surface area contributed by atoms with Crippen LogP contribution >= 0.6 is 11.6 Å². The van der Waals surface area contributed by atoms with Gasteiger partial charge < -0.3 is 4.74 Å². The average Bonchev–Trinajstić information content (AvgIpc) is 2.44. The first-order valence-electron chi connectivity index (χ1n) is 6.88. The molecule has 0 aliphatic rings. The Balaban J connectivity index is 2.09. The van der Waals surface area contributed by atoms with Crippen LogP contribution in [0.4, 0.5) is 0 Å².